The fraction of sp³-hybridized carbons (Fsp3) is 0.312. The smallest absolute Gasteiger partial charge is 0.225 e. The lowest BCUT2D eigenvalue weighted by Crippen LogP contribution is -1.96. The van der Waals surface area contributed by atoms with Crippen LogP contribution in [0, 0.1) is 6.92 Å². The quantitative estimate of drug-likeness (QED) is 0.695. The summed E-state index contributed by atoms with van der Waals surface area (Å²) in [6, 6.07) is 9.71. The summed E-state index contributed by atoms with van der Waals surface area (Å²) in [6.07, 6.45) is 8.79. The molecule has 0 aliphatic heterocycles. The molecule has 0 unspecified atom stereocenters. The van der Waals surface area contributed by atoms with Crippen molar-refractivity contribution in [3.05, 3.63) is 55.3 Å². The van der Waals surface area contributed by atoms with Crippen molar-refractivity contribution in [2.45, 2.75) is 32.1 Å². The summed E-state index contributed by atoms with van der Waals surface area (Å²) in [5, 5.41) is 0. The second kappa shape index (κ2) is 7.52. The van der Waals surface area contributed by atoms with Crippen molar-refractivity contribution in [1.82, 2.24) is 9.97 Å². The normalized spacial score (nSPS) is 10.4. The number of benzene rings is 1. The van der Waals surface area contributed by atoms with E-state index in [1.54, 1.807) is 0 Å². The molecule has 0 saturated carbocycles. The number of aromatic nitrogens is 2. The second-order valence-electron chi connectivity index (χ2n) is 4.43. The van der Waals surface area contributed by atoms with Gasteiger partial charge in [-0.15, -0.1) is 0 Å². The molecule has 0 saturated heterocycles. The van der Waals surface area contributed by atoms with E-state index in [-0.39, 0.29) is 0 Å². The highest BCUT2D eigenvalue weighted by Gasteiger charge is 2.06. The summed E-state index contributed by atoms with van der Waals surface area (Å²) < 4.78 is 5.80. The minimum atomic E-state index is 0.663. The second-order valence-corrected chi connectivity index (χ2v) is 4.43. The first-order valence-electron chi connectivity index (χ1n) is 6.71. The molecule has 0 aliphatic carbocycles. The van der Waals surface area contributed by atoms with E-state index in [2.05, 4.69) is 16.9 Å². The Bertz CT molecular complexity index is 485. The van der Waals surface area contributed by atoms with Gasteiger partial charge in [0.2, 0.25) is 5.88 Å². The highest BCUT2D eigenvalue weighted by Crippen LogP contribution is 2.23. The van der Waals surface area contributed by atoms with Crippen LogP contribution in [0.3, 0.4) is 0 Å². The van der Waals surface area contributed by atoms with E-state index in [4.69, 9.17) is 4.74 Å². The Kier molecular flexibility index (Phi) is 5.35. The first-order chi connectivity index (χ1) is 9.40. The molecule has 0 bridgehead atoms. The van der Waals surface area contributed by atoms with E-state index in [9.17, 15) is 0 Å². The van der Waals surface area contributed by atoms with E-state index in [1.165, 1.54) is 19.2 Å². The Morgan fingerprint density at radius 1 is 1.05 bits per heavy atom. The number of ether oxygens (including phenoxy) is 1. The molecule has 0 atom stereocenters. The average Bonchev–Trinajstić information content (AvgIpc) is 2.46. The Labute approximate surface area is 114 Å². The largest absolute Gasteiger partial charge is 0.439 e. The summed E-state index contributed by atoms with van der Waals surface area (Å²) in [4.78, 5) is 8.31. The highest BCUT2D eigenvalue weighted by atomic mass is 16.5. The molecule has 1 radical (unpaired) electrons. The van der Waals surface area contributed by atoms with Crippen LogP contribution in [0.25, 0.3) is 0 Å². The van der Waals surface area contributed by atoms with E-state index < -0.39 is 0 Å². The van der Waals surface area contributed by atoms with Crippen LogP contribution in [-0.2, 0) is 6.42 Å². The summed E-state index contributed by atoms with van der Waals surface area (Å²) in [7, 11) is 0. The average molecular weight is 255 g/mol. The number of hydrogen-bond acceptors (Lipinski definition) is 3. The predicted molar refractivity (Wildman–Crippen MR) is 76.1 cm³/mol. The van der Waals surface area contributed by atoms with Gasteiger partial charge in [0.1, 0.15) is 12.1 Å². The first kappa shape index (κ1) is 13.5. The van der Waals surface area contributed by atoms with Crippen LogP contribution in [0.1, 0.15) is 31.2 Å². The summed E-state index contributed by atoms with van der Waals surface area (Å²) in [5.74, 6) is 1.47. The van der Waals surface area contributed by atoms with Crippen LogP contribution in [0.5, 0.6) is 11.6 Å². The third-order valence-electron chi connectivity index (χ3n) is 2.90. The van der Waals surface area contributed by atoms with E-state index in [1.807, 2.05) is 36.5 Å². The third-order valence-corrected chi connectivity index (χ3v) is 2.90. The van der Waals surface area contributed by atoms with Crippen molar-refractivity contribution in [2.75, 3.05) is 0 Å². The number of rotatable bonds is 7. The molecule has 3 heteroatoms. The SMILES string of the molecule is [CH2]CCCCCc1cncnc1Oc1ccccc1. The molecule has 2 aromatic rings. The lowest BCUT2D eigenvalue weighted by Gasteiger charge is -2.09. The standard InChI is InChI=1S/C16H19N2O/c1-2-3-4-6-9-14-12-17-13-18-16(14)19-15-10-7-5-8-11-15/h5,7-8,10-13H,1-4,6,9H2. The molecule has 2 rings (SSSR count). The molecule has 3 nitrogen and oxygen atoms in total. The van der Waals surface area contributed by atoms with Crippen molar-refractivity contribution in [1.29, 1.82) is 0 Å². The topological polar surface area (TPSA) is 35.0 Å². The van der Waals surface area contributed by atoms with Crippen molar-refractivity contribution in [3.63, 3.8) is 0 Å². The van der Waals surface area contributed by atoms with E-state index in [0.29, 0.717) is 5.88 Å². The Morgan fingerprint density at radius 2 is 1.89 bits per heavy atom. The zero-order chi connectivity index (χ0) is 13.3. The van der Waals surface area contributed by atoms with Crippen molar-refractivity contribution in [2.24, 2.45) is 0 Å². The monoisotopic (exact) mass is 255 g/mol. The summed E-state index contributed by atoms with van der Waals surface area (Å²) >= 11 is 0. The fourth-order valence-electron chi connectivity index (χ4n) is 1.88. The zero-order valence-electron chi connectivity index (χ0n) is 11.1. The van der Waals surface area contributed by atoms with Gasteiger partial charge in [0, 0.05) is 11.8 Å². The van der Waals surface area contributed by atoms with Crippen molar-refractivity contribution in [3.8, 4) is 11.6 Å². The van der Waals surface area contributed by atoms with Crippen LogP contribution in [0.15, 0.2) is 42.9 Å². The molecule has 1 aromatic carbocycles. The van der Waals surface area contributed by atoms with Gasteiger partial charge < -0.3 is 4.74 Å². The lowest BCUT2D eigenvalue weighted by atomic mass is 10.1. The summed E-state index contributed by atoms with van der Waals surface area (Å²) in [5.41, 5.74) is 1.07. The maximum Gasteiger partial charge on any atom is 0.225 e. The third kappa shape index (κ3) is 4.36. The van der Waals surface area contributed by atoms with Gasteiger partial charge in [-0.2, -0.15) is 0 Å². The van der Waals surface area contributed by atoms with Gasteiger partial charge in [-0.1, -0.05) is 44.4 Å². The lowest BCUT2D eigenvalue weighted by molar-refractivity contribution is 0.452. The number of nitrogens with zero attached hydrogens (tertiary/aromatic N) is 2. The van der Waals surface area contributed by atoms with Crippen LogP contribution >= 0.6 is 0 Å². The molecule has 99 valence electrons. The Balaban J connectivity index is 2.00. The minimum absolute atomic E-state index is 0.663. The van der Waals surface area contributed by atoms with Gasteiger partial charge in [-0.25, -0.2) is 9.97 Å². The van der Waals surface area contributed by atoms with Crippen LogP contribution < -0.4 is 4.74 Å². The molecule has 0 aliphatic rings. The van der Waals surface area contributed by atoms with Crippen molar-refractivity contribution < 1.29 is 4.74 Å². The fourth-order valence-corrected chi connectivity index (χ4v) is 1.88. The molecule has 1 aromatic heterocycles. The van der Waals surface area contributed by atoms with Gasteiger partial charge in [-0.05, 0) is 25.0 Å². The molecule has 0 spiro atoms. The van der Waals surface area contributed by atoms with E-state index in [0.717, 1.165) is 30.6 Å². The summed E-state index contributed by atoms with van der Waals surface area (Å²) in [6.45, 7) is 3.85. The number of unbranched alkanes of at least 4 members (excludes halogenated alkanes) is 3. The number of hydrogen-bond donors (Lipinski definition) is 0. The molecule has 0 fully saturated rings. The van der Waals surface area contributed by atoms with Crippen LogP contribution in [-0.4, -0.2) is 9.97 Å². The molecule has 19 heavy (non-hydrogen) atoms. The predicted octanol–water partition coefficient (Wildman–Crippen LogP) is 4.21. The molecular weight excluding hydrogens is 236 g/mol. The first-order valence-corrected chi connectivity index (χ1v) is 6.71. The minimum Gasteiger partial charge on any atom is -0.439 e. The number of para-hydroxylation sites is 1. The van der Waals surface area contributed by atoms with Gasteiger partial charge in [0.15, 0.2) is 0 Å². The van der Waals surface area contributed by atoms with Gasteiger partial charge in [0.05, 0.1) is 0 Å². The molecular formula is C16H19N2O. The molecule has 1 heterocycles. The molecule has 0 N–H and O–H groups in total. The maximum atomic E-state index is 5.80. The van der Waals surface area contributed by atoms with Gasteiger partial charge in [0.25, 0.3) is 0 Å². The highest BCUT2D eigenvalue weighted by molar-refractivity contribution is 5.30. The van der Waals surface area contributed by atoms with Crippen LogP contribution in [0.2, 0.25) is 0 Å². The maximum absolute atomic E-state index is 5.80. The Morgan fingerprint density at radius 3 is 2.68 bits per heavy atom. The zero-order valence-corrected chi connectivity index (χ0v) is 11.1. The molecule has 0 amide bonds. The van der Waals surface area contributed by atoms with E-state index >= 15 is 0 Å². The van der Waals surface area contributed by atoms with Crippen molar-refractivity contribution >= 4 is 0 Å². The Hall–Kier alpha value is -1.90. The van der Waals surface area contributed by atoms with Crippen LogP contribution in [0.4, 0.5) is 0 Å². The van der Waals surface area contributed by atoms with Gasteiger partial charge in [-0.3, -0.25) is 0 Å². The number of aryl methyl sites for hydroxylation is 1. The van der Waals surface area contributed by atoms with Gasteiger partial charge >= 0.3 is 0 Å².